The minimum absolute atomic E-state index is 0.0252. The van der Waals surface area contributed by atoms with Crippen LogP contribution in [-0.2, 0) is 26.6 Å². The molecule has 0 bridgehead atoms. The number of aryl methyl sites for hydroxylation is 1. The Balaban J connectivity index is 2.18. The van der Waals surface area contributed by atoms with Crippen LogP contribution in [0.5, 0.6) is 0 Å². The Kier molecular flexibility index (Phi) is 3.61. The summed E-state index contributed by atoms with van der Waals surface area (Å²) in [5, 5.41) is 11.4. The summed E-state index contributed by atoms with van der Waals surface area (Å²) in [5.41, 5.74) is 0. The number of primary sulfonamides is 1. The lowest BCUT2D eigenvalue weighted by Crippen LogP contribution is -2.28. The molecular formula is C10H16N4O4S. The van der Waals surface area contributed by atoms with E-state index in [0.29, 0.717) is 6.42 Å². The third kappa shape index (κ3) is 3.11. The van der Waals surface area contributed by atoms with Gasteiger partial charge in [0.1, 0.15) is 11.0 Å². The third-order valence-corrected chi connectivity index (χ3v) is 3.78. The number of ether oxygens (including phenoxy) is 1. The van der Waals surface area contributed by atoms with Crippen molar-refractivity contribution in [1.29, 1.82) is 0 Å². The first kappa shape index (κ1) is 14.0. The number of sulfonamides is 1. The molecule has 1 amide bonds. The van der Waals surface area contributed by atoms with E-state index in [2.05, 4.69) is 10.4 Å². The van der Waals surface area contributed by atoms with Gasteiger partial charge in [-0.1, -0.05) is 0 Å². The summed E-state index contributed by atoms with van der Waals surface area (Å²) < 4.78 is 29.4. The van der Waals surface area contributed by atoms with Crippen LogP contribution in [0.25, 0.3) is 0 Å². The molecule has 2 atom stereocenters. The van der Waals surface area contributed by atoms with Crippen LogP contribution in [0.4, 0.5) is 5.82 Å². The molecule has 0 radical (unpaired) electrons. The molecular weight excluding hydrogens is 272 g/mol. The molecule has 1 saturated heterocycles. The molecule has 1 fully saturated rings. The van der Waals surface area contributed by atoms with Crippen LogP contribution in [0.2, 0.25) is 0 Å². The molecule has 1 aromatic rings. The number of hydrogen-bond donors (Lipinski definition) is 2. The van der Waals surface area contributed by atoms with Crippen molar-refractivity contribution in [2.75, 3.05) is 5.32 Å². The minimum Gasteiger partial charge on any atom is -0.365 e. The van der Waals surface area contributed by atoms with Crippen molar-refractivity contribution in [2.24, 2.45) is 12.2 Å². The second-order valence-electron chi connectivity index (χ2n) is 4.56. The van der Waals surface area contributed by atoms with Crippen molar-refractivity contribution in [1.82, 2.24) is 9.78 Å². The predicted octanol–water partition coefficient (Wildman–Crippen LogP) is -0.426. The molecule has 3 N–H and O–H groups in total. The number of rotatable bonds is 3. The number of aromatic nitrogens is 2. The SMILES string of the molecule is CC1CCC(C(=O)Nc2nn(C)cc2S(N)(=O)=O)O1. The van der Waals surface area contributed by atoms with Gasteiger partial charge in [-0.25, -0.2) is 13.6 Å². The van der Waals surface area contributed by atoms with E-state index in [0.717, 1.165) is 6.42 Å². The smallest absolute Gasteiger partial charge is 0.254 e. The highest BCUT2D eigenvalue weighted by molar-refractivity contribution is 7.89. The largest absolute Gasteiger partial charge is 0.365 e. The molecule has 19 heavy (non-hydrogen) atoms. The summed E-state index contributed by atoms with van der Waals surface area (Å²) in [4.78, 5) is 11.7. The fraction of sp³-hybridized carbons (Fsp3) is 0.600. The molecule has 2 unspecified atom stereocenters. The van der Waals surface area contributed by atoms with E-state index in [9.17, 15) is 13.2 Å². The molecule has 8 nitrogen and oxygen atoms in total. The summed E-state index contributed by atoms with van der Waals surface area (Å²) >= 11 is 0. The maximum Gasteiger partial charge on any atom is 0.254 e. The van der Waals surface area contributed by atoms with Crippen LogP contribution in [0.1, 0.15) is 19.8 Å². The molecule has 2 heterocycles. The van der Waals surface area contributed by atoms with E-state index >= 15 is 0 Å². The van der Waals surface area contributed by atoms with Crippen molar-refractivity contribution < 1.29 is 17.9 Å². The van der Waals surface area contributed by atoms with Crippen molar-refractivity contribution in [2.45, 2.75) is 36.9 Å². The predicted molar refractivity (Wildman–Crippen MR) is 66.8 cm³/mol. The van der Waals surface area contributed by atoms with Gasteiger partial charge in [0, 0.05) is 13.2 Å². The zero-order chi connectivity index (χ0) is 14.2. The highest BCUT2D eigenvalue weighted by Crippen LogP contribution is 2.22. The Morgan fingerprint density at radius 2 is 2.26 bits per heavy atom. The number of nitrogens with one attached hydrogen (secondary N) is 1. The van der Waals surface area contributed by atoms with E-state index in [-0.39, 0.29) is 16.8 Å². The first-order chi connectivity index (χ1) is 8.77. The monoisotopic (exact) mass is 288 g/mol. The molecule has 1 aliphatic heterocycles. The molecule has 1 aromatic heterocycles. The summed E-state index contributed by atoms with van der Waals surface area (Å²) in [7, 11) is -2.39. The Morgan fingerprint density at radius 1 is 1.58 bits per heavy atom. The van der Waals surface area contributed by atoms with Crippen LogP contribution in [0.3, 0.4) is 0 Å². The molecule has 0 spiro atoms. The van der Waals surface area contributed by atoms with Gasteiger partial charge in [-0.2, -0.15) is 5.10 Å². The van der Waals surface area contributed by atoms with Gasteiger partial charge in [0.25, 0.3) is 5.91 Å². The lowest BCUT2D eigenvalue weighted by Gasteiger charge is -2.10. The van der Waals surface area contributed by atoms with Gasteiger partial charge in [-0.15, -0.1) is 0 Å². The Labute approximate surface area is 111 Å². The number of carbonyl (C=O) groups is 1. The van der Waals surface area contributed by atoms with Gasteiger partial charge in [0.2, 0.25) is 10.0 Å². The van der Waals surface area contributed by atoms with E-state index in [1.807, 2.05) is 6.92 Å². The highest BCUT2D eigenvalue weighted by Gasteiger charge is 2.30. The molecule has 0 saturated carbocycles. The first-order valence-electron chi connectivity index (χ1n) is 5.80. The number of nitrogens with zero attached hydrogens (tertiary/aromatic N) is 2. The maximum absolute atomic E-state index is 11.9. The van der Waals surface area contributed by atoms with Gasteiger partial charge in [-0.3, -0.25) is 9.48 Å². The van der Waals surface area contributed by atoms with Gasteiger partial charge >= 0.3 is 0 Å². The summed E-state index contributed by atoms with van der Waals surface area (Å²) in [6.45, 7) is 1.88. The first-order valence-corrected chi connectivity index (χ1v) is 7.35. The van der Waals surface area contributed by atoms with Gasteiger partial charge in [0.15, 0.2) is 5.82 Å². The lowest BCUT2D eigenvalue weighted by atomic mass is 10.2. The van der Waals surface area contributed by atoms with E-state index < -0.39 is 22.0 Å². The van der Waals surface area contributed by atoms with Gasteiger partial charge < -0.3 is 10.1 Å². The summed E-state index contributed by atoms with van der Waals surface area (Å²) in [6.07, 6.45) is 2.08. The molecule has 0 aliphatic carbocycles. The zero-order valence-corrected chi connectivity index (χ0v) is 11.5. The van der Waals surface area contributed by atoms with Crippen LogP contribution in [0, 0.1) is 0 Å². The topological polar surface area (TPSA) is 116 Å². The number of amides is 1. The van der Waals surface area contributed by atoms with E-state index in [4.69, 9.17) is 9.88 Å². The average molecular weight is 288 g/mol. The second kappa shape index (κ2) is 4.91. The molecule has 2 rings (SSSR count). The number of hydrogen-bond acceptors (Lipinski definition) is 5. The van der Waals surface area contributed by atoms with Crippen molar-refractivity contribution in [3.05, 3.63) is 6.20 Å². The van der Waals surface area contributed by atoms with Gasteiger partial charge in [-0.05, 0) is 19.8 Å². The van der Waals surface area contributed by atoms with Crippen molar-refractivity contribution in [3.8, 4) is 0 Å². The average Bonchev–Trinajstić information content (AvgIpc) is 2.84. The molecule has 9 heteroatoms. The van der Waals surface area contributed by atoms with Crippen LogP contribution >= 0.6 is 0 Å². The zero-order valence-electron chi connectivity index (χ0n) is 10.7. The second-order valence-corrected chi connectivity index (χ2v) is 6.09. The molecule has 0 aromatic carbocycles. The number of anilines is 1. The number of nitrogens with two attached hydrogens (primary N) is 1. The highest BCUT2D eigenvalue weighted by atomic mass is 32.2. The van der Waals surface area contributed by atoms with Crippen molar-refractivity contribution in [3.63, 3.8) is 0 Å². The maximum atomic E-state index is 11.9. The van der Waals surface area contributed by atoms with Crippen LogP contribution in [-0.4, -0.2) is 36.3 Å². The lowest BCUT2D eigenvalue weighted by molar-refractivity contribution is -0.126. The summed E-state index contributed by atoms with van der Waals surface area (Å²) in [5.74, 6) is -0.480. The Hall–Kier alpha value is -1.45. The van der Waals surface area contributed by atoms with E-state index in [1.54, 1.807) is 7.05 Å². The fourth-order valence-electron chi connectivity index (χ4n) is 1.95. The molecule has 1 aliphatic rings. The van der Waals surface area contributed by atoms with Crippen LogP contribution in [0.15, 0.2) is 11.1 Å². The minimum atomic E-state index is -3.93. The quantitative estimate of drug-likeness (QED) is 0.783. The van der Waals surface area contributed by atoms with Crippen molar-refractivity contribution >= 4 is 21.7 Å². The normalized spacial score (nSPS) is 23.5. The Bertz CT molecular complexity index is 595. The van der Waals surface area contributed by atoms with Crippen LogP contribution < -0.4 is 10.5 Å². The summed E-state index contributed by atoms with van der Waals surface area (Å²) in [6, 6.07) is 0. The molecule has 106 valence electrons. The number of carbonyl (C=O) groups excluding carboxylic acids is 1. The standard InChI is InChI=1S/C10H16N4O4S/c1-6-3-4-7(18-6)10(15)12-9-8(19(11,16)17)5-14(2)13-9/h5-7H,3-4H2,1-2H3,(H2,11,16,17)(H,12,13,15). The fourth-order valence-corrected chi connectivity index (χ4v) is 2.62. The van der Waals surface area contributed by atoms with E-state index in [1.165, 1.54) is 10.9 Å². The Morgan fingerprint density at radius 3 is 2.79 bits per heavy atom. The third-order valence-electron chi connectivity index (χ3n) is 2.87. The van der Waals surface area contributed by atoms with Gasteiger partial charge in [0.05, 0.1) is 6.10 Å².